The van der Waals surface area contributed by atoms with E-state index in [4.69, 9.17) is 0 Å². The summed E-state index contributed by atoms with van der Waals surface area (Å²) in [6.45, 7) is 9.70. The van der Waals surface area contributed by atoms with Crippen LogP contribution in [-0.2, 0) is 0 Å². The largest absolute Gasteiger partial charge is 0.0651 e. The predicted octanol–water partition coefficient (Wildman–Crippen LogP) is 4.10. The Morgan fingerprint density at radius 2 is 2.08 bits per heavy atom. The molecule has 0 aliphatic heterocycles. The van der Waals surface area contributed by atoms with Gasteiger partial charge in [-0.05, 0) is 48.3 Å². The molecule has 0 radical (unpaired) electrons. The molecule has 2 aliphatic carbocycles. The van der Waals surface area contributed by atoms with Crippen LogP contribution < -0.4 is 0 Å². The molecule has 76 valence electrons. The van der Waals surface area contributed by atoms with Crippen molar-refractivity contribution in [3.8, 4) is 0 Å². The van der Waals surface area contributed by atoms with Crippen LogP contribution in [0.1, 0.15) is 53.4 Å². The van der Waals surface area contributed by atoms with Crippen LogP contribution in [0, 0.1) is 29.1 Å². The molecule has 0 nitrogen and oxygen atoms in total. The number of hydrogen-bond donors (Lipinski definition) is 0. The minimum Gasteiger partial charge on any atom is -0.0651 e. The maximum Gasteiger partial charge on any atom is -0.0292 e. The van der Waals surface area contributed by atoms with Gasteiger partial charge in [0.15, 0.2) is 0 Å². The smallest absolute Gasteiger partial charge is 0.0292 e. The van der Waals surface area contributed by atoms with Crippen molar-refractivity contribution in [2.24, 2.45) is 29.1 Å². The molecule has 4 atom stereocenters. The topological polar surface area (TPSA) is 0 Å². The second-order valence-corrected chi connectivity index (χ2v) is 5.98. The standard InChI is InChI=1S/C13H24/c1-5-10(9(2)3)11-6-7-13(4)8-12(11)13/h9-12H,5-8H2,1-4H3. The van der Waals surface area contributed by atoms with Crippen LogP contribution in [0.15, 0.2) is 0 Å². The van der Waals surface area contributed by atoms with Gasteiger partial charge in [0.05, 0.1) is 0 Å². The van der Waals surface area contributed by atoms with E-state index in [9.17, 15) is 0 Å². The molecule has 13 heavy (non-hydrogen) atoms. The SMILES string of the molecule is CCC(C(C)C)C1CCC2(C)CC12. The zero-order valence-corrected chi connectivity index (χ0v) is 9.64. The van der Waals surface area contributed by atoms with E-state index in [1.807, 2.05) is 0 Å². The molecule has 4 unspecified atom stereocenters. The van der Waals surface area contributed by atoms with Crippen molar-refractivity contribution >= 4 is 0 Å². The Bertz CT molecular complexity index is 194. The van der Waals surface area contributed by atoms with E-state index in [-0.39, 0.29) is 0 Å². The Morgan fingerprint density at radius 1 is 1.38 bits per heavy atom. The lowest BCUT2D eigenvalue weighted by Gasteiger charge is -2.27. The lowest BCUT2D eigenvalue weighted by Crippen LogP contribution is -2.19. The van der Waals surface area contributed by atoms with Gasteiger partial charge in [0.2, 0.25) is 0 Å². The maximum atomic E-state index is 2.50. The Balaban J connectivity index is 2.01. The van der Waals surface area contributed by atoms with E-state index in [1.165, 1.54) is 19.3 Å². The zero-order chi connectivity index (χ0) is 9.64. The van der Waals surface area contributed by atoms with Crippen LogP contribution in [0.3, 0.4) is 0 Å². The predicted molar refractivity (Wildman–Crippen MR) is 57.6 cm³/mol. The average molecular weight is 180 g/mol. The second kappa shape index (κ2) is 3.00. The van der Waals surface area contributed by atoms with Crippen molar-refractivity contribution in [1.29, 1.82) is 0 Å². The third-order valence-electron chi connectivity index (χ3n) is 4.86. The summed E-state index contributed by atoms with van der Waals surface area (Å²) in [5, 5.41) is 0. The normalized spacial score (nSPS) is 45.0. The molecule has 0 spiro atoms. The fourth-order valence-electron chi connectivity index (χ4n) is 3.88. The summed E-state index contributed by atoms with van der Waals surface area (Å²) in [6, 6.07) is 0. The molecule has 0 saturated heterocycles. The minimum absolute atomic E-state index is 0.799. The van der Waals surface area contributed by atoms with Crippen LogP contribution in [0.4, 0.5) is 0 Å². The number of rotatable bonds is 3. The zero-order valence-electron chi connectivity index (χ0n) is 9.64. The van der Waals surface area contributed by atoms with E-state index in [0.717, 1.165) is 29.1 Å². The molecule has 2 rings (SSSR count). The van der Waals surface area contributed by atoms with E-state index in [1.54, 1.807) is 6.42 Å². The van der Waals surface area contributed by atoms with Gasteiger partial charge in [-0.3, -0.25) is 0 Å². The fraction of sp³-hybridized carbons (Fsp3) is 1.00. The fourth-order valence-corrected chi connectivity index (χ4v) is 3.88. The third-order valence-corrected chi connectivity index (χ3v) is 4.86. The van der Waals surface area contributed by atoms with Gasteiger partial charge in [0, 0.05) is 0 Å². The molecule has 0 aromatic carbocycles. The van der Waals surface area contributed by atoms with E-state index >= 15 is 0 Å². The summed E-state index contributed by atoms with van der Waals surface area (Å²) in [6.07, 6.45) is 5.99. The van der Waals surface area contributed by atoms with Crippen LogP contribution in [0.2, 0.25) is 0 Å². The Kier molecular flexibility index (Phi) is 2.20. The minimum atomic E-state index is 0.799. The highest BCUT2D eigenvalue weighted by Gasteiger charge is 2.59. The van der Waals surface area contributed by atoms with Crippen LogP contribution in [0.25, 0.3) is 0 Å². The highest BCUT2D eigenvalue weighted by atomic mass is 14.6. The first-order valence-electron chi connectivity index (χ1n) is 6.08. The molecule has 2 aliphatic rings. The molecule has 0 aromatic heterocycles. The van der Waals surface area contributed by atoms with Gasteiger partial charge in [0.1, 0.15) is 0 Å². The lowest BCUT2D eigenvalue weighted by atomic mass is 9.79. The summed E-state index contributed by atoms with van der Waals surface area (Å²) in [7, 11) is 0. The highest BCUT2D eigenvalue weighted by molar-refractivity contribution is 5.08. The van der Waals surface area contributed by atoms with Crippen molar-refractivity contribution < 1.29 is 0 Å². The van der Waals surface area contributed by atoms with Gasteiger partial charge < -0.3 is 0 Å². The van der Waals surface area contributed by atoms with Gasteiger partial charge in [0.25, 0.3) is 0 Å². The molecule has 0 bridgehead atoms. The monoisotopic (exact) mass is 180 g/mol. The van der Waals surface area contributed by atoms with Crippen molar-refractivity contribution in [1.82, 2.24) is 0 Å². The first-order chi connectivity index (χ1) is 6.08. The molecule has 0 amide bonds. The van der Waals surface area contributed by atoms with Gasteiger partial charge in [-0.2, -0.15) is 0 Å². The summed E-state index contributed by atoms with van der Waals surface area (Å²) in [5.41, 5.74) is 0.799. The summed E-state index contributed by atoms with van der Waals surface area (Å²) in [5.74, 6) is 4.10. The van der Waals surface area contributed by atoms with Crippen LogP contribution in [0.5, 0.6) is 0 Å². The van der Waals surface area contributed by atoms with Gasteiger partial charge in [-0.25, -0.2) is 0 Å². The highest BCUT2D eigenvalue weighted by Crippen LogP contribution is 2.68. The van der Waals surface area contributed by atoms with E-state index in [0.29, 0.717) is 0 Å². The van der Waals surface area contributed by atoms with Crippen LogP contribution in [-0.4, -0.2) is 0 Å². The van der Waals surface area contributed by atoms with Gasteiger partial charge in [-0.15, -0.1) is 0 Å². The summed E-state index contributed by atoms with van der Waals surface area (Å²) < 4.78 is 0. The van der Waals surface area contributed by atoms with Crippen molar-refractivity contribution in [2.75, 3.05) is 0 Å². The van der Waals surface area contributed by atoms with Crippen LogP contribution >= 0.6 is 0 Å². The van der Waals surface area contributed by atoms with Crippen molar-refractivity contribution in [3.05, 3.63) is 0 Å². The molecule has 0 heteroatoms. The molecule has 2 fully saturated rings. The number of hydrogen-bond acceptors (Lipinski definition) is 0. The Labute approximate surface area is 83.1 Å². The Morgan fingerprint density at radius 3 is 2.38 bits per heavy atom. The van der Waals surface area contributed by atoms with Crippen molar-refractivity contribution in [3.63, 3.8) is 0 Å². The molecule has 2 saturated carbocycles. The van der Waals surface area contributed by atoms with E-state index < -0.39 is 0 Å². The molecule has 0 aromatic rings. The molecular formula is C13H24. The van der Waals surface area contributed by atoms with Crippen molar-refractivity contribution in [2.45, 2.75) is 53.4 Å². The number of fused-ring (bicyclic) bond motifs is 1. The molecule has 0 heterocycles. The molecular weight excluding hydrogens is 156 g/mol. The van der Waals surface area contributed by atoms with E-state index in [2.05, 4.69) is 27.7 Å². The Hall–Kier alpha value is 0. The first kappa shape index (κ1) is 9.55. The maximum absolute atomic E-state index is 2.50. The summed E-state index contributed by atoms with van der Waals surface area (Å²) in [4.78, 5) is 0. The average Bonchev–Trinajstić information content (AvgIpc) is 2.62. The van der Waals surface area contributed by atoms with Gasteiger partial charge in [-0.1, -0.05) is 34.1 Å². The summed E-state index contributed by atoms with van der Waals surface area (Å²) >= 11 is 0. The molecule has 0 N–H and O–H groups in total. The quantitative estimate of drug-likeness (QED) is 0.613. The lowest BCUT2D eigenvalue weighted by molar-refractivity contribution is 0.225. The van der Waals surface area contributed by atoms with Gasteiger partial charge >= 0.3 is 0 Å². The third kappa shape index (κ3) is 1.43. The second-order valence-electron chi connectivity index (χ2n) is 5.98. The first-order valence-corrected chi connectivity index (χ1v) is 6.08.